The zero-order valence-electron chi connectivity index (χ0n) is 8.80. The van der Waals surface area contributed by atoms with E-state index >= 15 is 0 Å². The van der Waals surface area contributed by atoms with Crippen LogP contribution in [0.25, 0.3) is 11.0 Å². The lowest BCUT2D eigenvalue weighted by molar-refractivity contribution is -0.105. The number of fused-ring (bicyclic) bond motifs is 1. The summed E-state index contributed by atoms with van der Waals surface area (Å²) in [7, 11) is 0. The predicted octanol–water partition coefficient (Wildman–Crippen LogP) is 1.59. The maximum absolute atomic E-state index is 9.41. The molecule has 1 aromatic carbocycles. The molecule has 1 aromatic heterocycles. The van der Waals surface area contributed by atoms with Crippen molar-refractivity contribution in [2.75, 3.05) is 24.6 Å². The molecule has 0 radical (unpaired) electrons. The molecule has 1 atom stereocenters. The average Bonchev–Trinajstić information content (AvgIpc) is 2.72. The van der Waals surface area contributed by atoms with Gasteiger partial charge >= 0.3 is 0 Å². The van der Waals surface area contributed by atoms with Crippen molar-refractivity contribution in [3.63, 3.8) is 0 Å². The third-order valence-electron chi connectivity index (χ3n) is 2.77. The van der Waals surface area contributed by atoms with E-state index in [0.717, 1.165) is 23.4 Å². The lowest BCUT2D eigenvalue weighted by Gasteiger charge is -2.29. The quantitative estimate of drug-likeness (QED) is 0.791. The van der Waals surface area contributed by atoms with Gasteiger partial charge in [-0.15, -0.1) is 0 Å². The first-order valence-corrected chi connectivity index (χ1v) is 5.36. The SMILES string of the molecule is OC1CN(c2cc3ccccc3o2)CCO1. The Labute approximate surface area is 93.0 Å². The Morgan fingerprint density at radius 2 is 2.19 bits per heavy atom. The molecule has 3 rings (SSSR count). The van der Waals surface area contributed by atoms with Gasteiger partial charge in [0.05, 0.1) is 13.2 Å². The highest BCUT2D eigenvalue weighted by atomic mass is 16.6. The maximum Gasteiger partial charge on any atom is 0.197 e. The first kappa shape index (κ1) is 9.69. The van der Waals surface area contributed by atoms with Gasteiger partial charge in [0.2, 0.25) is 0 Å². The number of morpholine rings is 1. The van der Waals surface area contributed by atoms with Crippen molar-refractivity contribution in [3.8, 4) is 0 Å². The van der Waals surface area contributed by atoms with Crippen molar-refractivity contribution in [1.29, 1.82) is 0 Å². The van der Waals surface area contributed by atoms with E-state index in [4.69, 9.17) is 9.15 Å². The number of ether oxygens (including phenoxy) is 1. The molecule has 2 heterocycles. The van der Waals surface area contributed by atoms with Crippen molar-refractivity contribution in [3.05, 3.63) is 30.3 Å². The fourth-order valence-corrected chi connectivity index (χ4v) is 1.96. The molecule has 0 amide bonds. The topological polar surface area (TPSA) is 45.8 Å². The Hall–Kier alpha value is -1.52. The Morgan fingerprint density at radius 1 is 1.31 bits per heavy atom. The normalized spacial score (nSPS) is 21.6. The summed E-state index contributed by atoms with van der Waals surface area (Å²) in [6.07, 6.45) is -0.720. The molecule has 16 heavy (non-hydrogen) atoms. The van der Waals surface area contributed by atoms with E-state index in [1.165, 1.54) is 0 Å². The number of anilines is 1. The van der Waals surface area contributed by atoms with E-state index in [9.17, 15) is 5.11 Å². The Kier molecular flexibility index (Phi) is 2.31. The van der Waals surface area contributed by atoms with Gasteiger partial charge in [-0.05, 0) is 6.07 Å². The molecular weight excluding hydrogens is 206 g/mol. The fourth-order valence-electron chi connectivity index (χ4n) is 1.96. The fraction of sp³-hybridized carbons (Fsp3) is 0.333. The minimum atomic E-state index is -0.720. The molecule has 0 bridgehead atoms. The Bertz CT molecular complexity index is 461. The van der Waals surface area contributed by atoms with Crippen molar-refractivity contribution in [2.45, 2.75) is 6.29 Å². The molecule has 0 spiro atoms. The van der Waals surface area contributed by atoms with Crippen LogP contribution in [0.1, 0.15) is 0 Å². The number of hydrogen-bond donors (Lipinski definition) is 1. The number of nitrogens with zero attached hydrogens (tertiary/aromatic N) is 1. The summed E-state index contributed by atoms with van der Waals surface area (Å²) in [4.78, 5) is 1.99. The van der Waals surface area contributed by atoms with Crippen LogP contribution in [-0.2, 0) is 4.74 Å². The van der Waals surface area contributed by atoms with Gasteiger partial charge in [0.25, 0.3) is 0 Å². The van der Waals surface area contributed by atoms with Crippen LogP contribution in [-0.4, -0.2) is 31.1 Å². The number of aliphatic hydroxyl groups is 1. The molecule has 0 aliphatic carbocycles. The number of hydrogen-bond acceptors (Lipinski definition) is 4. The van der Waals surface area contributed by atoms with Gasteiger partial charge in [-0.2, -0.15) is 0 Å². The third kappa shape index (κ3) is 1.66. The molecule has 84 valence electrons. The number of rotatable bonds is 1. The highest BCUT2D eigenvalue weighted by molar-refractivity contribution is 5.80. The minimum absolute atomic E-state index is 0.458. The highest BCUT2D eigenvalue weighted by Crippen LogP contribution is 2.26. The van der Waals surface area contributed by atoms with Crippen LogP contribution in [0.3, 0.4) is 0 Å². The summed E-state index contributed by atoms with van der Waals surface area (Å²) >= 11 is 0. The van der Waals surface area contributed by atoms with Crippen LogP contribution in [0.2, 0.25) is 0 Å². The van der Waals surface area contributed by atoms with E-state index < -0.39 is 6.29 Å². The lowest BCUT2D eigenvalue weighted by Crippen LogP contribution is -2.42. The van der Waals surface area contributed by atoms with Gasteiger partial charge < -0.3 is 19.2 Å². The molecule has 1 unspecified atom stereocenters. The molecule has 4 nitrogen and oxygen atoms in total. The summed E-state index contributed by atoms with van der Waals surface area (Å²) in [5.41, 5.74) is 0.874. The number of benzene rings is 1. The summed E-state index contributed by atoms with van der Waals surface area (Å²) in [6.45, 7) is 1.73. The van der Waals surface area contributed by atoms with E-state index in [0.29, 0.717) is 13.2 Å². The van der Waals surface area contributed by atoms with E-state index in [2.05, 4.69) is 0 Å². The number of para-hydroxylation sites is 1. The summed E-state index contributed by atoms with van der Waals surface area (Å²) in [5, 5.41) is 10.5. The Morgan fingerprint density at radius 3 is 3.00 bits per heavy atom. The van der Waals surface area contributed by atoms with Crippen LogP contribution in [0.4, 0.5) is 5.88 Å². The highest BCUT2D eigenvalue weighted by Gasteiger charge is 2.20. The maximum atomic E-state index is 9.41. The van der Waals surface area contributed by atoms with Gasteiger partial charge in [-0.1, -0.05) is 18.2 Å². The number of furan rings is 1. The van der Waals surface area contributed by atoms with Gasteiger partial charge in [0, 0.05) is 18.0 Å². The number of β-amino-alcohol motifs (C(OH)–C–C–N with tert-alkyl or cyclic N) is 1. The first-order chi connectivity index (χ1) is 7.83. The third-order valence-corrected chi connectivity index (χ3v) is 2.77. The smallest absolute Gasteiger partial charge is 0.197 e. The zero-order chi connectivity index (χ0) is 11.0. The summed E-state index contributed by atoms with van der Waals surface area (Å²) < 4.78 is 10.8. The Balaban J connectivity index is 1.93. The predicted molar refractivity (Wildman–Crippen MR) is 60.4 cm³/mol. The molecule has 4 heteroatoms. The number of aliphatic hydroxyl groups excluding tert-OH is 1. The molecule has 1 fully saturated rings. The van der Waals surface area contributed by atoms with E-state index in [1.807, 2.05) is 35.2 Å². The second-order valence-electron chi connectivity index (χ2n) is 3.89. The van der Waals surface area contributed by atoms with Gasteiger partial charge in [-0.25, -0.2) is 0 Å². The summed E-state index contributed by atoms with van der Waals surface area (Å²) in [6, 6.07) is 9.88. The zero-order valence-corrected chi connectivity index (χ0v) is 8.80. The van der Waals surface area contributed by atoms with Crippen molar-refractivity contribution in [2.24, 2.45) is 0 Å². The van der Waals surface area contributed by atoms with Gasteiger partial charge in [0.15, 0.2) is 12.2 Å². The lowest BCUT2D eigenvalue weighted by atomic mass is 10.2. The largest absolute Gasteiger partial charge is 0.441 e. The van der Waals surface area contributed by atoms with Crippen molar-refractivity contribution >= 4 is 16.9 Å². The van der Waals surface area contributed by atoms with Crippen molar-refractivity contribution < 1.29 is 14.3 Å². The van der Waals surface area contributed by atoms with Crippen LogP contribution in [0.5, 0.6) is 0 Å². The second-order valence-corrected chi connectivity index (χ2v) is 3.89. The molecule has 1 aliphatic heterocycles. The summed E-state index contributed by atoms with van der Waals surface area (Å²) in [5.74, 6) is 0.795. The van der Waals surface area contributed by atoms with Crippen LogP contribution in [0, 0.1) is 0 Å². The van der Waals surface area contributed by atoms with Crippen LogP contribution < -0.4 is 4.90 Å². The molecule has 1 aliphatic rings. The molecule has 0 saturated carbocycles. The molecule has 1 N–H and O–H groups in total. The molecular formula is C12H13NO3. The van der Waals surface area contributed by atoms with E-state index in [1.54, 1.807) is 0 Å². The van der Waals surface area contributed by atoms with E-state index in [-0.39, 0.29) is 0 Å². The van der Waals surface area contributed by atoms with Crippen LogP contribution >= 0.6 is 0 Å². The minimum Gasteiger partial charge on any atom is -0.441 e. The van der Waals surface area contributed by atoms with Gasteiger partial charge in [-0.3, -0.25) is 0 Å². The monoisotopic (exact) mass is 219 g/mol. The molecule has 2 aromatic rings. The standard InChI is InChI=1S/C12H13NO3/c14-12-8-13(5-6-15-12)11-7-9-3-1-2-4-10(9)16-11/h1-4,7,12,14H,5-6,8H2. The first-order valence-electron chi connectivity index (χ1n) is 5.36. The average molecular weight is 219 g/mol. The van der Waals surface area contributed by atoms with Gasteiger partial charge in [0.1, 0.15) is 5.58 Å². The second kappa shape index (κ2) is 3.81. The molecule has 1 saturated heterocycles. The van der Waals surface area contributed by atoms with Crippen molar-refractivity contribution in [1.82, 2.24) is 0 Å². The van der Waals surface area contributed by atoms with Crippen LogP contribution in [0.15, 0.2) is 34.7 Å².